The van der Waals surface area contributed by atoms with Gasteiger partial charge in [-0.05, 0) is 43.2 Å². The molecule has 0 aliphatic heterocycles. The van der Waals surface area contributed by atoms with Crippen molar-refractivity contribution in [3.8, 4) is 0 Å². The fraction of sp³-hybridized carbons (Fsp3) is 0.200. The number of rotatable bonds is 2. The van der Waals surface area contributed by atoms with Gasteiger partial charge in [-0.1, -0.05) is 55.6 Å². The maximum atomic E-state index is 13.9. The van der Waals surface area contributed by atoms with Crippen LogP contribution in [0.2, 0.25) is 0 Å². The number of hydrogen-bond donors (Lipinski definition) is 0. The highest BCUT2D eigenvalue weighted by molar-refractivity contribution is 9.10. The van der Waals surface area contributed by atoms with Crippen LogP contribution in [-0.2, 0) is 0 Å². The Labute approximate surface area is 123 Å². The predicted octanol–water partition coefficient (Wildman–Crippen LogP) is 5.69. The summed E-state index contributed by atoms with van der Waals surface area (Å²) in [4.78, 5) is -0.130. The lowest BCUT2D eigenvalue weighted by molar-refractivity contribution is 0.613. The van der Waals surface area contributed by atoms with Gasteiger partial charge in [0.15, 0.2) is 0 Å². The standard InChI is InChI=1S/C15H13Br2F/c1-9-3-4-10(2)12(7-9)15(17)13-8-11(16)5-6-14(13)18/h3-8,15H,1-2H3. The van der Waals surface area contributed by atoms with E-state index in [0.717, 1.165) is 15.6 Å². The third-order valence-corrected chi connectivity index (χ3v) is 4.42. The molecule has 1 unspecified atom stereocenters. The summed E-state index contributed by atoms with van der Waals surface area (Å²) in [6.45, 7) is 4.08. The Balaban J connectivity index is 2.50. The molecule has 0 heterocycles. The molecule has 0 N–H and O–H groups in total. The lowest BCUT2D eigenvalue weighted by Gasteiger charge is -2.15. The molecule has 0 aromatic heterocycles. The third kappa shape index (κ3) is 2.83. The average Bonchev–Trinajstić information content (AvgIpc) is 2.34. The Hall–Kier alpha value is -0.670. The van der Waals surface area contributed by atoms with Gasteiger partial charge in [0, 0.05) is 10.0 Å². The molecule has 0 radical (unpaired) electrons. The first-order valence-electron chi connectivity index (χ1n) is 5.65. The number of benzene rings is 2. The van der Waals surface area contributed by atoms with E-state index < -0.39 is 0 Å². The van der Waals surface area contributed by atoms with E-state index >= 15 is 0 Å². The molecule has 0 amide bonds. The van der Waals surface area contributed by atoms with Gasteiger partial charge in [0.1, 0.15) is 5.82 Å². The minimum absolute atomic E-state index is 0.130. The summed E-state index contributed by atoms with van der Waals surface area (Å²) in [7, 11) is 0. The van der Waals surface area contributed by atoms with Gasteiger partial charge in [-0.2, -0.15) is 0 Å². The van der Waals surface area contributed by atoms with E-state index in [2.05, 4.69) is 50.1 Å². The smallest absolute Gasteiger partial charge is 0.127 e. The summed E-state index contributed by atoms with van der Waals surface area (Å²) in [6, 6.07) is 11.2. The molecule has 2 rings (SSSR count). The van der Waals surface area contributed by atoms with Crippen molar-refractivity contribution < 1.29 is 4.39 Å². The van der Waals surface area contributed by atoms with Crippen LogP contribution in [0.15, 0.2) is 40.9 Å². The number of halogens is 3. The minimum Gasteiger partial charge on any atom is -0.207 e. The average molecular weight is 372 g/mol. The van der Waals surface area contributed by atoms with Crippen molar-refractivity contribution in [3.63, 3.8) is 0 Å². The summed E-state index contributed by atoms with van der Waals surface area (Å²) in [6.07, 6.45) is 0. The molecule has 0 saturated carbocycles. The van der Waals surface area contributed by atoms with Crippen molar-refractivity contribution in [2.75, 3.05) is 0 Å². The maximum Gasteiger partial charge on any atom is 0.127 e. The van der Waals surface area contributed by atoms with Gasteiger partial charge in [0.25, 0.3) is 0 Å². The molecule has 2 aromatic carbocycles. The highest BCUT2D eigenvalue weighted by Crippen LogP contribution is 2.35. The largest absolute Gasteiger partial charge is 0.207 e. The van der Waals surface area contributed by atoms with E-state index in [-0.39, 0.29) is 10.6 Å². The van der Waals surface area contributed by atoms with Gasteiger partial charge in [-0.25, -0.2) is 4.39 Å². The Morgan fingerprint density at radius 2 is 1.72 bits per heavy atom. The zero-order chi connectivity index (χ0) is 13.3. The quantitative estimate of drug-likeness (QED) is 0.595. The fourth-order valence-electron chi connectivity index (χ4n) is 1.91. The first kappa shape index (κ1) is 13.8. The summed E-state index contributed by atoms with van der Waals surface area (Å²) in [5.41, 5.74) is 4.09. The van der Waals surface area contributed by atoms with Crippen LogP contribution < -0.4 is 0 Å². The van der Waals surface area contributed by atoms with Crippen molar-refractivity contribution in [2.24, 2.45) is 0 Å². The van der Waals surface area contributed by atoms with Crippen molar-refractivity contribution in [1.82, 2.24) is 0 Å². The van der Waals surface area contributed by atoms with Crippen LogP contribution in [0.3, 0.4) is 0 Å². The van der Waals surface area contributed by atoms with E-state index in [1.54, 1.807) is 6.07 Å². The summed E-state index contributed by atoms with van der Waals surface area (Å²) < 4.78 is 14.8. The molecule has 0 nitrogen and oxygen atoms in total. The van der Waals surface area contributed by atoms with E-state index in [1.807, 2.05) is 19.9 Å². The molecule has 0 bridgehead atoms. The second-order valence-corrected chi connectivity index (χ2v) is 6.22. The number of aryl methyl sites for hydroxylation is 2. The topological polar surface area (TPSA) is 0 Å². The van der Waals surface area contributed by atoms with Gasteiger partial charge >= 0.3 is 0 Å². The molecule has 1 atom stereocenters. The van der Waals surface area contributed by atoms with Gasteiger partial charge in [0.05, 0.1) is 4.83 Å². The molecule has 18 heavy (non-hydrogen) atoms. The van der Waals surface area contributed by atoms with Gasteiger partial charge in [0.2, 0.25) is 0 Å². The van der Waals surface area contributed by atoms with Gasteiger partial charge in [-0.15, -0.1) is 0 Å². The summed E-state index contributed by atoms with van der Waals surface area (Å²) >= 11 is 6.99. The van der Waals surface area contributed by atoms with Crippen molar-refractivity contribution in [3.05, 3.63) is 68.9 Å². The number of alkyl halides is 1. The summed E-state index contributed by atoms with van der Waals surface area (Å²) in [5, 5.41) is 0. The fourth-order valence-corrected chi connectivity index (χ4v) is 3.13. The normalized spacial score (nSPS) is 12.5. The van der Waals surface area contributed by atoms with Gasteiger partial charge in [-0.3, -0.25) is 0 Å². The molecule has 0 aliphatic rings. The zero-order valence-corrected chi connectivity index (χ0v) is 13.3. The summed E-state index contributed by atoms with van der Waals surface area (Å²) in [5.74, 6) is -0.194. The highest BCUT2D eigenvalue weighted by Gasteiger charge is 2.17. The van der Waals surface area contributed by atoms with Crippen LogP contribution in [-0.4, -0.2) is 0 Å². The van der Waals surface area contributed by atoms with Crippen LogP contribution in [0.1, 0.15) is 27.1 Å². The molecule has 2 aromatic rings. The Bertz CT molecular complexity index is 527. The SMILES string of the molecule is Cc1ccc(C)c(C(Br)c2cc(Br)ccc2F)c1. The highest BCUT2D eigenvalue weighted by atomic mass is 79.9. The molecular weight excluding hydrogens is 359 g/mol. The van der Waals surface area contributed by atoms with Crippen molar-refractivity contribution in [1.29, 1.82) is 0 Å². The maximum absolute atomic E-state index is 13.9. The Morgan fingerprint density at radius 1 is 1.00 bits per heavy atom. The van der Waals surface area contributed by atoms with Crippen LogP contribution in [0.25, 0.3) is 0 Å². The Morgan fingerprint density at radius 3 is 2.44 bits per heavy atom. The molecule has 0 fully saturated rings. The van der Waals surface area contributed by atoms with E-state index in [0.29, 0.717) is 5.56 Å². The molecule has 0 saturated heterocycles. The van der Waals surface area contributed by atoms with Crippen LogP contribution in [0.5, 0.6) is 0 Å². The molecular formula is C15H13Br2F. The van der Waals surface area contributed by atoms with E-state index in [4.69, 9.17) is 0 Å². The van der Waals surface area contributed by atoms with Gasteiger partial charge < -0.3 is 0 Å². The second kappa shape index (κ2) is 5.54. The first-order valence-corrected chi connectivity index (χ1v) is 7.36. The molecule has 0 aliphatic carbocycles. The van der Waals surface area contributed by atoms with Crippen molar-refractivity contribution in [2.45, 2.75) is 18.7 Å². The Kier molecular flexibility index (Phi) is 4.23. The lowest BCUT2D eigenvalue weighted by atomic mass is 9.98. The van der Waals surface area contributed by atoms with Crippen molar-refractivity contribution >= 4 is 31.9 Å². The van der Waals surface area contributed by atoms with Crippen LogP contribution in [0.4, 0.5) is 4.39 Å². The van der Waals surface area contributed by atoms with E-state index in [9.17, 15) is 4.39 Å². The lowest BCUT2D eigenvalue weighted by Crippen LogP contribution is -1.99. The second-order valence-electron chi connectivity index (χ2n) is 4.39. The molecule has 0 spiro atoms. The molecule has 3 heteroatoms. The van der Waals surface area contributed by atoms with E-state index in [1.165, 1.54) is 11.6 Å². The predicted molar refractivity (Wildman–Crippen MR) is 80.8 cm³/mol. The minimum atomic E-state index is -0.194. The molecule has 94 valence electrons. The zero-order valence-electron chi connectivity index (χ0n) is 10.2. The monoisotopic (exact) mass is 370 g/mol. The third-order valence-electron chi connectivity index (χ3n) is 2.94. The first-order chi connectivity index (χ1) is 8.49. The number of hydrogen-bond acceptors (Lipinski definition) is 0. The van der Waals surface area contributed by atoms with Crippen LogP contribution in [0, 0.1) is 19.7 Å². The van der Waals surface area contributed by atoms with Crippen LogP contribution >= 0.6 is 31.9 Å².